The third-order valence-corrected chi connectivity index (χ3v) is 7.98. The van der Waals surface area contributed by atoms with E-state index in [2.05, 4.69) is 5.32 Å². The zero-order valence-corrected chi connectivity index (χ0v) is 16.7. The molecule has 1 atom stereocenters. The van der Waals surface area contributed by atoms with E-state index in [1.165, 1.54) is 15.6 Å². The van der Waals surface area contributed by atoms with Gasteiger partial charge in [0.15, 0.2) is 0 Å². The number of halogens is 1. The standard InChI is InChI=1S/C14H21N3O3S3.ClH/c1-11-10-16(4-3-15-11)14(18)13-12(2-7-22-13)23(19,20)17-5-8-21-9-6-17;/h2,7,11,15H,3-6,8-10H2,1H3;1H. The van der Waals surface area contributed by atoms with Crippen molar-refractivity contribution < 1.29 is 13.2 Å². The Balaban J connectivity index is 0.00000208. The summed E-state index contributed by atoms with van der Waals surface area (Å²) in [5.41, 5.74) is 0. The summed E-state index contributed by atoms with van der Waals surface area (Å²) in [6, 6.07) is 1.80. The molecular weight excluding hydrogens is 390 g/mol. The number of hydrogen-bond donors (Lipinski definition) is 1. The van der Waals surface area contributed by atoms with Crippen molar-refractivity contribution in [1.29, 1.82) is 0 Å². The van der Waals surface area contributed by atoms with Gasteiger partial charge in [-0.15, -0.1) is 23.7 Å². The lowest BCUT2D eigenvalue weighted by Gasteiger charge is -2.32. The van der Waals surface area contributed by atoms with Gasteiger partial charge in [-0.25, -0.2) is 8.42 Å². The maximum absolute atomic E-state index is 12.9. The number of hydrogen-bond acceptors (Lipinski definition) is 6. The van der Waals surface area contributed by atoms with E-state index in [4.69, 9.17) is 0 Å². The molecule has 2 fully saturated rings. The molecule has 136 valence electrons. The highest BCUT2D eigenvalue weighted by Gasteiger charge is 2.33. The van der Waals surface area contributed by atoms with Crippen molar-refractivity contribution in [3.8, 4) is 0 Å². The molecule has 3 rings (SSSR count). The summed E-state index contributed by atoms with van der Waals surface area (Å²) >= 11 is 2.98. The van der Waals surface area contributed by atoms with E-state index in [-0.39, 0.29) is 29.3 Å². The Labute approximate surface area is 157 Å². The van der Waals surface area contributed by atoms with E-state index in [1.807, 2.05) is 6.92 Å². The average Bonchev–Trinajstić information content (AvgIpc) is 3.05. The van der Waals surface area contributed by atoms with E-state index in [1.54, 1.807) is 28.1 Å². The molecule has 0 aliphatic carbocycles. The van der Waals surface area contributed by atoms with Crippen LogP contribution in [-0.4, -0.2) is 73.8 Å². The molecule has 0 spiro atoms. The first-order chi connectivity index (χ1) is 11.0. The molecule has 0 aromatic carbocycles. The van der Waals surface area contributed by atoms with Gasteiger partial charge in [-0.3, -0.25) is 4.79 Å². The minimum atomic E-state index is -3.58. The van der Waals surface area contributed by atoms with E-state index in [9.17, 15) is 13.2 Å². The molecule has 0 bridgehead atoms. The van der Waals surface area contributed by atoms with Gasteiger partial charge in [-0.05, 0) is 18.4 Å². The molecular formula is C14H22ClN3O3S3. The number of nitrogens with one attached hydrogen (secondary N) is 1. The van der Waals surface area contributed by atoms with Crippen molar-refractivity contribution in [3.05, 3.63) is 16.3 Å². The van der Waals surface area contributed by atoms with E-state index < -0.39 is 10.0 Å². The van der Waals surface area contributed by atoms with Crippen LogP contribution < -0.4 is 5.32 Å². The highest BCUT2D eigenvalue weighted by Crippen LogP contribution is 2.28. The highest BCUT2D eigenvalue weighted by molar-refractivity contribution is 7.99. The van der Waals surface area contributed by atoms with Crippen molar-refractivity contribution in [2.75, 3.05) is 44.2 Å². The summed E-state index contributed by atoms with van der Waals surface area (Å²) in [6.45, 7) is 5.01. The zero-order chi connectivity index (χ0) is 16.4. The number of piperazine rings is 1. The van der Waals surface area contributed by atoms with Crippen LogP contribution in [-0.2, 0) is 10.0 Å². The van der Waals surface area contributed by atoms with E-state index >= 15 is 0 Å². The van der Waals surface area contributed by atoms with Gasteiger partial charge in [0.05, 0.1) is 0 Å². The fourth-order valence-electron chi connectivity index (χ4n) is 2.84. The SMILES string of the molecule is CC1CN(C(=O)c2sccc2S(=O)(=O)N2CCSCC2)CCN1.Cl. The maximum atomic E-state index is 12.9. The van der Waals surface area contributed by atoms with Gasteiger partial charge in [0.1, 0.15) is 9.77 Å². The second-order valence-electron chi connectivity index (χ2n) is 5.74. The second kappa shape index (κ2) is 8.37. The predicted octanol–water partition coefficient (Wildman–Crippen LogP) is 1.34. The van der Waals surface area contributed by atoms with Crippen molar-refractivity contribution in [2.45, 2.75) is 17.9 Å². The zero-order valence-electron chi connectivity index (χ0n) is 13.4. The van der Waals surface area contributed by atoms with Crippen LogP contribution >= 0.6 is 35.5 Å². The summed E-state index contributed by atoms with van der Waals surface area (Å²) in [5.74, 6) is 1.45. The smallest absolute Gasteiger partial charge is 0.265 e. The second-order valence-corrected chi connectivity index (χ2v) is 9.78. The van der Waals surface area contributed by atoms with E-state index in [0.717, 1.165) is 18.1 Å². The number of carbonyl (C=O) groups is 1. The van der Waals surface area contributed by atoms with Crippen molar-refractivity contribution in [2.24, 2.45) is 0 Å². The first-order valence-corrected chi connectivity index (χ1v) is 11.2. The fraction of sp³-hybridized carbons (Fsp3) is 0.643. The van der Waals surface area contributed by atoms with Gasteiger partial charge in [-0.2, -0.15) is 16.1 Å². The van der Waals surface area contributed by atoms with Crippen LogP contribution in [0.5, 0.6) is 0 Å². The highest BCUT2D eigenvalue weighted by atomic mass is 35.5. The third kappa shape index (κ3) is 4.08. The third-order valence-electron chi connectivity index (χ3n) is 4.07. The lowest BCUT2D eigenvalue weighted by atomic mass is 10.2. The minimum absolute atomic E-state index is 0. The quantitative estimate of drug-likeness (QED) is 0.812. The first-order valence-electron chi connectivity index (χ1n) is 7.68. The Morgan fingerprint density at radius 1 is 1.29 bits per heavy atom. The van der Waals surface area contributed by atoms with Gasteiger partial charge >= 0.3 is 0 Å². The summed E-state index contributed by atoms with van der Waals surface area (Å²) in [5, 5.41) is 4.99. The number of amides is 1. The van der Waals surface area contributed by atoms with Crippen LogP contribution in [0.1, 0.15) is 16.6 Å². The van der Waals surface area contributed by atoms with Gasteiger partial charge in [0.25, 0.3) is 5.91 Å². The van der Waals surface area contributed by atoms with Crippen LogP contribution in [0.3, 0.4) is 0 Å². The molecule has 1 N–H and O–H groups in total. The Hall–Kier alpha value is -0.320. The average molecular weight is 412 g/mol. The number of carbonyl (C=O) groups excluding carboxylic acids is 1. The fourth-order valence-corrected chi connectivity index (χ4v) is 6.78. The molecule has 3 heterocycles. The predicted molar refractivity (Wildman–Crippen MR) is 101 cm³/mol. The summed E-state index contributed by atoms with van der Waals surface area (Å²) < 4.78 is 27.2. The molecule has 24 heavy (non-hydrogen) atoms. The Morgan fingerprint density at radius 3 is 2.67 bits per heavy atom. The monoisotopic (exact) mass is 411 g/mol. The number of thioether (sulfide) groups is 1. The molecule has 1 aromatic rings. The van der Waals surface area contributed by atoms with Crippen LogP contribution in [0.2, 0.25) is 0 Å². The summed E-state index contributed by atoms with van der Waals surface area (Å²) in [4.78, 5) is 15.0. The number of rotatable bonds is 3. The largest absolute Gasteiger partial charge is 0.335 e. The van der Waals surface area contributed by atoms with Crippen LogP contribution in [0, 0.1) is 0 Å². The van der Waals surface area contributed by atoms with Crippen LogP contribution in [0.15, 0.2) is 16.3 Å². The molecule has 0 radical (unpaired) electrons. The summed E-state index contributed by atoms with van der Waals surface area (Å²) in [7, 11) is -3.58. The Morgan fingerprint density at radius 2 is 2.00 bits per heavy atom. The number of sulfonamides is 1. The molecule has 0 saturated carbocycles. The molecule has 2 aliphatic heterocycles. The topological polar surface area (TPSA) is 69.7 Å². The molecule has 1 amide bonds. The Bertz CT molecular complexity index is 674. The molecule has 10 heteroatoms. The molecule has 2 saturated heterocycles. The van der Waals surface area contributed by atoms with Gasteiger partial charge in [0.2, 0.25) is 10.0 Å². The number of thiophene rings is 1. The molecule has 1 aromatic heterocycles. The van der Waals surface area contributed by atoms with E-state index in [0.29, 0.717) is 31.1 Å². The Kier molecular flexibility index (Phi) is 6.98. The lowest BCUT2D eigenvalue weighted by Crippen LogP contribution is -2.51. The van der Waals surface area contributed by atoms with Crippen LogP contribution in [0.4, 0.5) is 0 Å². The first kappa shape index (κ1) is 20.0. The minimum Gasteiger partial charge on any atom is -0.335 e. The van der Waals surface area contributed by atoms with Gasteiger partial charge in [-0.1, -0.05) is 0 Å². The normalized spacial score (nSPS) is 22.9. The van der Waals surface area contributed by atoms with Gasteiger partial charge in [0, 0.05) is 50.3 Å². The summed E-state index contributed by atoms with van der Waals surface area (Å²) in [6.07, 6.45) is 0. The lowest BCUT2D eigenvalue weighted by molar-refractivity contribution is 0.0710. The van der Waals surface area contributed by atoms with Crippen molar-refractivity contribution in [1.82, 2.24) is 14.5 Å². The van der Waals surface area contributed by atoms with Crippen molar-refractivity contribution in [3.63, 3.8) is 0 Å². The van der Waals surface area contributed by atoms with Gasteiger partial charge < -0.3 is 10.2 Å². The van der Waals surface area contributed by atoms with Crippen molar-refractivity contribution >= 4 is 51.4 Å². The molecule has 1 unspecified atom stereocenters. The van der Waals surface area contributed by atoms with Crippen LogP contribution in [0.25, 0.3) is 0 Å². The molecule has 2 aliphatic rings. The maximum Gasteiger partial charge on any atom is 0.265 e. The molecule has 6 nitrogen and oxygen atoms in total. The number of nitrogens with zero attached hydrogens (tertiary/aromatic N) is 2.